The quantitative estimate of drug-likeness (QED) is 0.732. The highest BCUT2D eigenvalue weighted by atomic mass is 35.5. The van der Waals surface area contributed by atoms with Gasteiger partial charge in [0.15, 0.2) is 5.82 Å². The predicted molar refractivity (Wildman–Crippen MR) is 90.8 cm³/mol. The average Bonchev–Trinajstić information content (AvgIpc) is 2.86. The third-order valence-electron chi connectivity index (χ3n) is 3.17. The molecule has 1 aromatic carbocycles. The standard InChI is InChI=1S/C16H16ClN5O/c1-9-6-12(17)4-5-13(9)19-14-7-10(2)18-16(20-14)21-15-8-11(3)23-22-15/h4-8H,1-3H3,(H2,18,19,20,21,22). The number of halogens is 1. The average molecular weight is 330 g/mol. The number of nitrogens with zero attached hydrogens (tertiary/aromatic N) is 3. The molecule has 3 rings (SSSR count). The van der Waals surface area contributed by atoms with Crippen LogP contribution < -0.4 is 10.6 Å². The fraction of sp³-hybridized carbons (Fsp3) is 0.188. The van der Waals surface area contributed by atoms with E-state index < -0.39 is 0 Å². The summed E-state index contributed by atoms with van der Waals surface area (Å²) in [5.74, 6) is 2.43. The Morgan fingerprint density at radius 2 is 1.78 bits per heavy atom. The van der Waals surface area contributed by atoms with Crippen LogP contribution in [0.15, 0.2) is 34.9 Å². The molecule has 0 aliphatic carbocycles. The van der Waals surface area contributed by atoms with E-state index in [2.05, 4.69) is 25.8 Å². The third kappa shape index (κ3) is 3.78. The Bertz CT molecular complexity index is 846. The lowest BCUT2D eigenvalue weighted by Gasteiger charge is -2.11. The summed E-state index contributed by atoms with van der Waals surface area (Å²) < 4.78 is 5.02. The Hall–Kier alpha value is -2.60. The maximum Gasteiger partial charge on any atom is 0.230 e. The van der Waals surface area contributed by atoms with Gasteiger partial charge in [0.2, 0.25) is 5.95 Å². The number of aromatic nitrogens is 3. The number of anilines is 4. The fourth-order valence-corrected chi connectivity index (χ4v) is 2.36. The summed E-state index contributed by atoms with van der Waals surface area (Å²) in [4.78, 5) is 8.80. The van der Waals surface area contributed by atoms with Gasteiger partial charge in [-0.25, -0.2) is 4.98 Å². The molecular formula is C16H16ClN5O. The lowest BCUT2D eigenvalue weighted by atomic mass is 10.2. The molecule has 0 aliphatic heterocycles. The predicted octanol–water partition coefficient (Wildman–Crippen LogP) is 4.53. The van der Waals surface area contributed by atoms with Crippen molar-refractivity contribution in [3.63, 3.8) is 0 Å². The van der Waals surface area contributed by atoms with Crippen LogP contribution in [0.5, 0.6) is 0 Å². The lowest BCUT2D eigenvalue weighted by molar-refractivity contribution is 0.400. The van der Waals surface area contributed by atoms with Gasteiger partial charge in [-0.3, -0.25) is 0 Å². The van der Waals surface area contributed by atoms with Crippen molar-refractivity contribution in [1.29, 1.82) is 0 Å². The summed E-state index contributed by atoms with van der Waals surface area (Å²) in [5.41, 5.74) is 2.81. The van der Waals surface area contributed by atoms with Crippen LogP contribution in [0.2, 0.25) is 5.02 Å². The van der Waals surface area contributed by atoms with E-state index in [4.69, 9.17) is 16.1 Å². The maximum atomic E-state index is 5.98. The molecule has 0 bridgehead atoms. The molecule has 6 nitrogen and oxygen atoms in total. The van der Waals surface area contributed by atoms with E-state index in [1.54, 1.807) is 6.07 Å². The van der Waals surface area contributed by atoms with Gasteiger partial charge in [0, 0.05) is 28.5 Å². The number of hydrogen-bond donors (Lipinski definition) is 2. The second-order valence-corrected chi connectivity index (χ2v) is 5.69. The highest BCUT2D eigenvalue weighted by Crippen LogP contribution is 2.24. The highest BCUT2D eigenvalue weighted by molar-refractivity contribution is 6.30. The Balaban J connectivity index is 1.85. The van der Waals surface area contributed by atoms with Crippen molar-refractivity contribution in [2.75, 3.05) is 10.6 Å². The Labute approximate surface area is 138 Å². The van der Waals surface area contributed by atoms with Crippen molar-refractivity contribution in [2.24, 2.45) is 0 Å². The molecule has 0 amide bonds. The van der Waals surface area contributed by atoms with E-state index in [0.29, 0.717) is 22.6 Å². The van der Waals surface area contributed by atoms with Crippen LogP contribution in [0.25, 0.3) is 0 Å². The molecule has 7 heteroatoms. The summed E-state index contributed by atoms with van der Waals surface area (Å²) in [7, 11) is 0. The van der Waals surface area contributed by atoms with Gasteiger partial charge in [0.1, 0.15) is 11.6 Å². The zero-order chi connectivity index (χ0) is 16.4. The molecule has 0 fully saturated rings. The number of rotatable bonds is 4. The van der Waals surface area contributed by atoms with Gasteiger partial charge < -0.3 is 15.2 Å². The second kappa shape index (κ2) is 6.26. The first kappa shape index (κ1) is 15.3. The monoisotopic (exact) mass is 329 g/mol. The van der Waals surface area contributed by atoms with Gasteiger partial charge >= 0.3 is 0 Å². The smallest absolute Gasteiger partial charge is 0.230 e. The molecule has 0 unspecified atom stereocenters. The van der Waals surface area contributed by atoms with E-state index in [0.717, 1.165) is 22.7 Å². The number of aryl methyl sites for hydroxylation is 3. The molecule has 0 radical (unpaired) electrons. The Kier molecular flexibility index (Phi) is 4.16. The van der Waals surface area contributed by atoms with E-state index in [1.807, 2.05) is 45.0 Å². The summed E-state index contributed by atoms with van der Waals surface area (Å²) in [6.45, 7) is 5.71. The van der Waals surface area contributed by atoms with Crippen LogP contribution in [0.1, 0.15) is 17.0 Å². The molecule has 3 aromatic rings. The van der Waals surface area contributed by atoms with Crippen LogP contribution >= 0.6 is 11.6 Å². The first-order chi connectivity index (χ1) is 11.0. The molecule has 0 saturated carbocycles. The summed E-state index contributed by atoms with van der Waals surface area (Å²) in [5, 5.41) is 10.9. The SMILES string of the molecule is Cc1cc(Nc2ccc(Cl)cc2C)nc(Nc2cc(C)on2)n1. The highest BCUT2D eigenvalue weighted by Gasteiger charge is 2.07. The van der Waals surface area contributed by atoms with E-state index in [1.165, 1.54) is 0 Å². The summed E-state index contributed by atoms with van der Waals surface area (Å²) in [6.07, 6.45) is 0. The molecule has 2 heterocycles. The first-order valence-corrected chi connectivity index (χ1v) is 7.46. The summed E-state index contributed by atoms with van der Waals surface area (Å²) in [6, 6.07) is 9.30. The fourth-order valence-electron chi connectivity index (χ4n) is 2.13. The topological polar surface area (TPSA) is 75.9 Å². The molecule has 118 valence electrons. The van der Waals surface area contributed by atoms with Crippen LogP contribution in [0, 0.1) is 20.8 Å². The molecular weight excluding hydrogens is 314 g/mol. The largest absolute Gasteiger partial charge is 0.360 e. The van der Waals surface area contributed by atoms with Gasteiger partial charge in [-0.05, 0) is 44.5 Å². The van der Waals surface area contributed by atoms with Gasteiger partial charge in [-0.2, -0.15) is 4.98 Å². The van der Waals surface area contributed by atoms with Crippen molar-refractivity contribution >= 4 is 34.9 Å². The third-order valence-corrected chi connectivity index (χ3v) is 3.41. The number of hydrogen-bond acceptors (Lipinski definition) is 6. The number of benzene rings is 1. The van der Waals surface area contributed by atoms with Crippen LogP contribution in [-0.2, 0) is 0 Å². The van der Waals surface area contributed by atoms with Crippen molar-refractivity contribution in [3.05, 3.63) is 52.4 Å². The lowest BCUT2D eigenvalue weighted by Crippen LogP contribution is -2.03. The molecule has 0 spiro atoms. The minimum absolute atomic E-state index is 0.451. The van der Waals surface area contributed by atoms with Gasteiger partial charge in [0.25, 0.3) is 0 Å². The molecule has 2 N–H and O–H groups in total. The zero-order valence-corrected chi connectivity index (χ0v) is 13.8. The van der Waals surface area contributed by atoms with Crippen molar-refractivity contribution in [1.82, 2.24) is 15.1 Å². The van der Waals surface area contributed by atoms with E-state index in [-0.39, 0.29) is 0 Å². The van der Waals surface area contributed by atoms with E-state index in [9.17, 15) is 0 Å². The number of nitrogens with one attached hydrogen (secondary N) is 2. The molecule has 0 atom stereocenters. The van der Waals surface area contributed by atoms with Crippen molar-refractivity contribution in [3.8, 4) is 0 Å². The van der Waals surface area contributed by atoms with Crippen molar-refractivity contribution < 1.29 is 4.52 Å². The maximum absolute atomic E-state index is 5.98. The van der Waals surface area contributed by atoms with Gasteiger partial charge in [-0.15, -0.1) is 0 Å². The minimum Gasteiger partial charge on any atom is -0.360 e. The molecule has 2 aromatic heterocycles. The Morgan fingerprint density at radius 1 is 0.957 bits per heavy atom. The Morgan fingerprint density at radius 3 is 2.48 bits per heavy atom. The summed E-state index contributed by atoms with van der Waals surface area (Å²) >= 11 is 5.98. The first-order valence-electron chi connectivity index (χ1n) is 7.09. The van der Waals surface area contributed by atoms with Crippen LogP contribution in [-0.4, -0.2) is 15.1 Å². The van der Waals surface area contributed by atoms with Crippen LogP contribution in [0.3, 0.4) is 0 Å². The second-order valence-electron chi connectivity index (χ2n) is 5.25. The van der Waals surface area contributed by atoms with E-state index >= 15 is 0 Å². The van der Waals surface area contributed by atoms with Crippen LogP contribution in [0.4, 0.5) is 23.3 Å². The molecule has 0 saturated heterocycles. The zero-order valence-electron chi connectivity index (χ0n) is 13.0. The van der Waals surface area contributed by atoms with Gasteiger partial charge in [-0.1, -0.05) is 16.8 Å². The van der Waals surface area contributed by atoms with Crippen molar-refractivity contribution in [2.45, 2.75) is 20.8 Å². The van der Waals surface area contributed by atoms with Gasteiger partial charge in [0.05, 0.1) is 0 Å². The molecule has 23 heavy (non-hydrogen) atoms. The molecule has 0 aliphatic rings. The normalized spacial score (nSPS) is 10.6. The minimum atomic E-state index is 0.451.